The van der Waals surface area contributed by atoms with Crippen LogP contribution in [0.4, 0.5) is 0 Å². The molecule has 3 heteroatoms. The highest BCUT2D eigenvalue weighted by Gasteiger charge is 2.05. The van der Waals surface area contributed by atoms with E-state index in [9.17, 15) is 4.79 Å². The summed E-state index contributed by atoms with van der Waals surface area (Å²) >= 11 is 0. The monoisotopic (exact) mass is 241 g/mol. The Hall–Kier alpha value is -2.13. The van der Waals surface area contributed by atoms with Gasteiger partial charge < -0.3 is 10.8 Å². The third-order valence-corrected chi connectivity index (χ3v) is 2.80. The molecule has 0 spiro atoms. The number of carbonyl (C=O) groups is 1. The summed E-state index contributed by atoms with van der Waals surface area (Å²) in [4.78, 5) is 10.9. The van der Waals surface area contributed by atoms with Crippen LogP contribution < -0.4 is 5.73 Å². The topological polar surface area (TPSA) is 63.3 Å². The van der Waals surface area contributed by atoms with Crippen molar-refractivity contribution in [2.24, 2.45) is 5.73 Å². The van der Waals surface area contributed by atoms with E-state index in [1.807, 2.05) is 30.3 Å². The molecule has 2 aromatic carbocycles. The molecule has 0 heterocycles. The molecule has 0 aromatic heterocycles. The molecule has 0 unspecified atom stereocenters. The van der Waals surface area contributed by atoms with Crippen LogP contribution in [0.2, 0.25) is 0 Å². The first-order chi connectivity index (χ1) is 8.70. The van der Waals surface area contributed by atoms with Crippen LogP contribution in [-0.2, 0) is 6.42 Å². The second-order valence-electron chi connectivity index (χ2n) is 4.13. The standard InChI is InChI=1S/C15H15NO2/c16-8-7-11-3-1-4-12(9-11)13-5-2-6-14(10-13)15(17)18/h1-6,9-10H,7-8,16H2,(H,17,18). The lowest BCUT2D eigenvalue weighted by atomic mass is 10.00. The van der Waals surface area contributed by atoms with E-state index >= 15 is 0 Å². The lowest BCUT2D eigenvalue weighted by Crippen LogP contribution is -2.02. The highest BCUT2D eigenvalue weighted by Crippen LogP contribution is 2.21. The second-order valence-corrected chi connectivity index (χ2v) is 4.13. The van der Waals surface area contributed by atoms with Crippen LogP contribution in [0.15, 0.2) is 48.5 Å². The summed E-state index contributed by atoms with van der Waals surface area (Å²) in [5.41, 5.74) is 8.93. The molecule has 2 aromatic rings. The number of carboxylic acid groups (broad SMARTS) is 1. The Kier molecular flexibility index (Phi) is 3.75. The number of hydrogen-bond donors (Lipinski definition) is 2. The van der Waals surface area contributed by atoms with Gasteiger partial charge in [0.25, 0.3) is 0 Å². The molecule has 18 heavy (non-hydrogen) atoms. The molecule has 0 radical (unpaired) electrons. The Bertz CT molecular complexity index is 564. The van der Waals surface area contributed by atoms with Gasteiger partial charge in [-0.3, -0.25) is 0 Å². The third-order valence-electron chi connectivity index (χ3n) is 2.80. The Balaban J connectivity index is 2.38. The summed E-state index contributed by atoms with van der Waals surface area (Å²) in [6, 6.07) is 15.0. The number of aromatic carboxylic acids is 1. The van der Waals surface area contributed by atoms with Crippen molar-refractivity contribution in [1.29, 1.82) is 0 Å². The van der Waals surface area contributed by atoms with Gasteiger partial charge in [0, 0.05) is 0 Å². The first-order valence-corrected chi connectivity index (χ1v) is 5.83. The fourth-order valence-electron chi connectivity index (χ4n) is 1.90. The van der Waals surface area contributed by atoms with Crippen molar-refractivity contribution in [3.8, 4) is 11.1 Å². The minimum Gasteiger partial charge on any atom is -0.478 e. The largest absolute Gasteiger partial charge is 0.478 e. The van der Waals surface area contributed by atoms with Crippen molar-refractivity contribution in [3.63, 3.8) is 0 Å². The predicted molar refractivity (Wildman–Crippen MR) is 71.6 cm³/mol. The van der Waals surface area contributed by atoms with E-state index in [1.165, 1.54) is 0 Å². The maximum absolute atomic E-state index is 10.9. The molecule has 2 rings (SSSR count). The zero-order chi connectivity index (χ0) is 13.0. The van der Waals surface area contributed by atoms with Gasteiger partial charge in [-0.15, -0.1) is 0 Å². The van der Waals surface area contributed by atoms with Crippen molar-refractivity contribution in [1.82, 2.24) is 0 Å². The van der Waals surface area contributed by atoms with E-state index in [0.717, 1.165) is 23.1 Å². The van der Waals surface area contributed by atoms with Crippen LogP contribution in [0.5, 0.6) is 0 Å². The molecule has 0 fully saturated rings. The molecule has 0 bridgehead atoms. The van der Waals surface area contributed by atoms with E-state index in [0.29, 0.717) is 12.1 Å². The van der Waals surface area contributed by atoms with Crippen molar-refractivity contribution in [3.05, 3.63) is 59.7 Å². The van der Waals surface area contributed by atoms with E-state index in [4.69, 9.17) is 10.8 Å². The molecular weight excluding hydrogens is 226 g/mol. The number of benzene rings is 2. The van der Waals surface area contributed by atoms with Crippen molar-refractivity contribution >= 4 is 5.97 Å². The Morgan fingerprint density at radius 1 is 1.06 bits per heavy atom. The number of carboxylic acids is 1. The van der Waals surface area contributed by atoms with Gasteiger partial charge in [-0.05, 0) is 41.8 Å². The molecule has 0 amide bonds. The van der Waals surface area contributed by atoms with Gasteiger partial charge >= 0.3 is 5.97 Å². The van der Waals surface area contributed by atoms with E-state index in [2.05, 4.69) is 0 Å². The highest BCUT2D eigenvalue weighted by molar-refractivity contribution is 5.89. The summed E-state index contributed by atoms with van der Waals surface area (Å²) in [6.45, 7) is 0.610. The van der Waals surface area contributed by atoms with Crippen LogP contribution in [0.25, 0.3) is 11.1 Å². The second kappa shape index (κ2) is 5.47. The molecular formula is C15H15NO2. The maximum atomic E-state index is 10.9. The Morgan fingerprint density at radius 2 is 1.72 bits per heavy atom. The maximum Gasteiger partial charge on any atom is 0.335 e. The lowest BCUT2D eigenvalue weighted by molar-refractivity contribution is 0.0697. The van der Waals surface area contributed by atoms with Crippen molar-refractivity contribution in [2.45, 2.75) is 6.42 Å². The quantitative estimate of drug-likeness (QED) is 0.864. The van der Waals surface area contributed by atoms with Gasteiger partial charge in [0.05, 0.1) is 5.56 Å². The molecule has 0 atom stereocenters. The van der Waals surface area contributed by atoms with E-state index in [-0.39, 0.29) is 0 Å². The molecule has 0 saturated carbocycles. The van der Waals surface area contributed by atoms with Gasteiger partial charge in [0.1, 0.15) is 0 Å². The number of nitrogens with two attached hydrogens (primary N) is 1. The van der Waals surface area contributed by atoms with Crippen LogP contribution in [0, 0.1) is 0 Å². The molecule has 3 nitrogen and oxygen atoms in total. The van der Waals surface area contributed by atoms with Gasteiger partial charge in [0.2, 0.25) is 0 Å². The third kappa shape index (κ3) is 2.76. The Morgan fingerprint density at radius 3 is 2.39 bits per heavy atom. The smallest absolute Gasteiger partial charge is 0.335 e. The molecule has 0 saturated heterocycles. The first-order valence-electron chi connectivity index (χ1n) is 5.83. The summed E-state index contributed by atoms with van der Waals surface area (Å²) in [7, 11) is 0. The fourth-order valence-corrected chi connectivity index (χ4v) is 1.90. The van der Waals surface area contributed by atoms with Crippen LogP contribution >= 0.6 is 0 Å². The summed E-state index contributed by atoms with van der Waals surface area (Å²) < 4.78 is 0. The van der Waals surface area contributed by atoms with Gasteiger partial charge in [-0.1, -0.05) is 36.4 Å². The minimum absolute atomic E-state index is 0.303. The van der Waals surface area contributed by atoms with Gasteiger partial charge in [-0.2, -0.15) is 0 Å². The SMILES string of the molecule is NCCc1cccc(-c2cccc(C(=O)O)c2)c1. The predicted octanol–water partition coefficient (Wildman–Crippen LogP) is 2.55. The lowest BCUT2D eigenvalue weighted by Gasteiger charge is -2.05. The van der Waals surface area contributed by atoms with E-state index < -0.39 is 5.97 Å². The fraction of sp³-hybridized carbons (Fsp3) is 0.133. The summed E-state index contributed by atoms with van der Waals surface area (Å²) in [5.74, 6) is -0.907. The van der Waals surface area contributed by atoms with Crippen molar-refractivity contribution < 1.29 is 9.90 Å². The normalized spacial score (nSPS) is 10.3. The average Bonchev–Trinajstić information content (AvgIpc) is 2.39. The van der Waals surface area contributed by atoms with Crippen molar-refractivity contribution in [2.75, 3.05) is 6.54 Å². The summed E-state index contributed by atoms with van der Waals surface area (Å²) in [6.07, 6.45) is 0.826. The first kappa shape index (κ1) is 12.3. The van der Waals surface area contributed by atoms with Crippen LogP contribution in [0.3, 0.4) is 0 Å². The minimum atomic E-state index is -0.907. The summed E-state index contributed by atoms with van der Waals surface area (Å²) in [5, 5.41) is 8.98. The van der Waals surface area contributed by atoms with Gasteiger partial charge in [-0.25, -0.2) is 4.79 Å². The molecule has 0 aliphatic rings. The Labute approximate surface area is 106 Å². The zero-order valence-corrected chi connectivity index (χ0v) is 9.97. The molecule has 0 aliphatic carbocycles. The molecule has 0 aliphatic heterocycles. The highest BCUT2D eigenvalue weighted by atomic mass is 16.4. The van der Waals surface area contributed by atoms with Crippen LogP contribution in [0.1, 0.15) is 15.9 Å². The average molecular weight is 241 g/mol. The molecule has 92 valence electrons. The zero-order valence-electron chi connectivity index (χ0n) is 9.97. The van der Waals surface area contributed by atoms with Crippen LogP contribution in [-0.4, -0.2) is 17.6 Å². The van der Waals surface area contributed by atoms with Gasteiger partial charge in [0.15, 0.2) is 0 Å². The molecule has 3 N–H and O–H groups in total. The number of rotatable bonds is 4. The number of hydrogen-bond acceptors (Lipinski definition) is 2. The van der Waals surface area contributed by atoms with E-state index in [1.54, 1.807) is 18.2 Å².